The summed E-state index contributed by atoms with van der Waals surface area (Å²) in [6, 6.07) is 17.9. The van der Waals surface area contributed by atoms with Gasteiger partial charge in [0.05, 0.1) is 5.56 Å². The highest BCUT2D eigenvalue weighted by Gasteiger charge is 2.25. The third kappa shape index (κ3) is 5.25. The molecule has 0 spiro atoms. The molecular formula is C24H26N4O3. The SMILES string of the molecule is CN1CCC(C(=O)c2cccc(NC(O)c3cccnc3Oc3ccccc3)n2)CC1. The summed E-state index contributed by atoms with van der Waals surface area (Å²) >= 11 is 0. The number of ketones is 1. The molecule has 7 nitrogen and oxygen atoms in total. The molecule has 1 atom stereocenters. The predicted molar refractivity (Wildman–Crippen MR) is 118 cm³/mol. The van der Waals surface area contributed by atoms with Gasteiger partial charge in [-0.25, -0.2) is 9.97 Å². The Bertz CT molecular complexity index is 1020. The quantitative estimate of drug-likeness (QED) is 0.444. The summed E-state index contributed by atoms with van der Waals surface area (Å²) in [7, 11) is 2.07. The fourth-order valence-electron chi connectivity index (χ4n) is 3.65. The number of anilines is 1. The van der Waals surface area contributed by atoms with Crippen LogP contribution in [0.2, 0.25) is 0 Å². The molecule has 1 aliphatic heterocycles. The first kappa shape index (κ1) is 21.0. The number of hydrogen-bond acceptors (Lipinski definition) is 7. The zero-order chi connectivity index (χ0) is 21.6. The average molecular weight is 418 g/mol. The summed E-state index contributed by atoms with van der Waals surface area (Å²) in [4.78, 5) is 23.8. The van der Waals surface area contributed by atoms with Crippen LogP contribution < -0.4 is 10.1 Å². The molecule has 1 aliphatic rings. The Morgan fingerprint density at radius 2 is 1.87 bits per heavy atom. The van der Waals surface area contributed by atoms with E-state index in [4.69, 9.17) is 4.74 Å². The van der Waals surface area contributed by atoms with Crippen molar-refractivity contribution in [2.24, 2.45) is 5.92 Å². The van der Waals surface area contributed by atoms with E-state index in [-0.39, 0.29) is 11.7 Å². The van der Waals surface area contributed by atoms with E-state index in [1.165, 1.54) is 0 Å². The smallest absolute Gasteiger partial charge is 0.226 e. The Kier molecular flexibility index (Phi) is 6.54. The van der Waals surface area contributed by atoms with E-state index in [9.17, 15) is 9.90 Å². The van der Waals surface area contributed by atoms with Gasteiger partial charge in [0.25, 0.3) is 0 Å². The van der Waals surface area contributed by atoms with Crippen LogP contribution in [0.5, 0.6) is 11.6 Å². The van der Waals surface area contributed by atoms with Crippen LogP contribution in [0.4, 0.5) is 5.82 Å². The van der Waals surface area contributed by atoms with Crippen LogP contribution in [0.3, 0.4) is 0 Å². The average Bonchev–Trinajstić information content (AvgIpc) is 2.80. The van der Waals surface area contributed by atoms with Crippen molar-refractivity contribution in [1.29, 1.82) is 0 Å². The van der Waals surface area contributed by atoms with Gasteiger partial charge < -0.3 is 20.1 Å². The molecule has 3 heterocycles. The molecule has 0 amide bonds. The molecule has 0 saturated carbocycles. The van der Waals surface area contributed by atoms with Crippen molar-refractivity contribution in [3.63, 3.8) is 0 Å². The van der Waals surface area contributed by atoms with Gasteiger partial charge in [0, 0.05) is 12.1 Å². The van der Waals surface area contributed by atoms with Crippen molar-refractivity contribution in [1.82, 2.24) is 14.9 Å². The number of nitrogens with one attached hydrogen (secondary N) is 1. The Balaban J connectivity index is 1.48. The maximum Gasteiger partial charge on any atom is 0.226 e. The topological polar surface area (TPSA) is 87.6 Å². The van der Waals surface area contributed by atoms with Gasteiger partial charge in [0.1, 0.15) is 17.3 Å². The number of rotatable bonds is 7. The number of pyridine rings is 2. The van der Waals surface area contributed by atoms with Crippen LogP contribution >= 0.6 is 0 Å². The van der Waals surface area contributed by atoms with E-state index in [1.807, 2.05) is 30.3 Å². The van der Waals surface area contributed by atoms with E-state index in [2.05, 4.69) is 27.2 Å². The Morgan fingerprint density at radius 3 is 2.65 bits per heavy atom. The maximum atomic E-state index is 12.9. The van der Waals surface area contributed by atoms with Crippen molar-refractivity contribution in [3.05, 3.63) is 78.1 Å². The maximum absolute atomic E-state index is 12.9. The molecule has 0 aliphatic carbocycles. The first-order valence-electron chi connectivity index (χ1n) is 10.4. The number of aliphatic hydroxyl groups is 1. The van der Waals surface area contributed by atoms with Gasteiger partial charge in [0.15, 0.2) is 12.0 Å². The van der Waals surface area contributed by atoms with Crippen LogP contribution in [0.15, 0.2) is 66.9 Å². The lowest BCUT2D eigenvalue weighted by atomic mass is 9.91. The zero-order valence-corrected chi connectivity index (χ0v) is 17.4. The molecule has 1 aromatic carbocycles. The molecule has 7 heteroatoms. The fraction of sp³-hybridized carbons (Fsp3) is 0.292. The van der Waals surface area contributed by atoms with Gasteiger partial charge in [0.2, 0.25) is 5.88 Å². The van der Waals surface area contributed by atoms with Gasteiger partial charge in [-0.15, -0.1) is 0 Å². The summed E-state index contributed by atoms with van der Waals surface area (Å²) in [5.41, 5.74) is 0.888. The minimum absolute atomic E-state index is 0.00641. The molecular weight excluding hydrogens is 392 g/mol. The van der Waals surface area contributed by atoms with Crippen LogP contribution in [0.25, 0.3) is 0 Å². The van der Waals surface area contributed by atoms with E-state index in [0.717, 1.165) is 25.9 Å². The van der Waals surface area contributed by atoms with Gasteiger partial charge in [-0.1, -0.05) is 24.3 Å². The first-order valence-corrected chi connectivity index (χ1v) is 10.4. The van der Waals surface area contributed by atoms with Gasteiger partial charge in [-0.3, -0.25) is 4.79 Å². The standard InChI is InChI=1S/C24H26N4O3/c1-28-15-12-17(13-16-28)22(29)20-10-5-11-21(26-20)27-23(30)19-9-6-14-25-24(19)31-18-7-3-2-4-8-18/h2-11,14,17,23,30H,12-13,15-16H2,1H3,(H,26,27). The van der Waals surface area contributed by atoms with Gasteiger partial charge >= 0.3 is 0 Å². The molecule has 31 heavy (non-hydrogen) atoms. The molecule has 2 aromatic heterocycles. The second kappa shape index (κ2) is 9.68. The predicted octanol–water partition coefficient (Wildman–Crippen LogP) is 3.90. The molecule has 4 rings (SSSR count). The van der Waals surface area contributed by atoms with Crippen molar-refractivity contribution in [2.45, 2.75) is 19.1 Å². The van der Waals surface area contributed by atoms with Gasteiger partial charge in [-0.2, -0.15) is 0 Å². The van der Waals surface area contributed by atoms with Crippen molar-refractivity contribution < 1.29 is 14.6 Å². The number of aromatic nitrogens is 2. The molecule has 1 saturated heterocycles. The fourth-order valence-corrected chi connectivity index (χ4v) is 3.65. The number of carbonyl (C=O) groups excluding carboxylic acids is 1. The molecule has 2 N–H and O–H groups in total. The number of ether oxygens (including phenoxy) is 1. The minimum Gasteiger partial charge on any atom is -0.439 e. The zero-order valence-electron chi connectivity index (χ0n) is 17.4. The minimum atomic E-state index is -1.10. The summed E-state index contributed by atoms with van der Waals surface area (Å²) in [5, 5.41) is 13.7. The number of Topliss-reactive ketones (excluding diaryl/α,β-unsaturated/α-hetero) is 1. The Hall–Kier alpha value is -3.29. The number of nitrogens with zero attached hydrogens (tertiary/aromatic N) is 3. The number of benzene rings is 1. The summed E-state index contributed by atoms with van der Waals surface area (Å²) < 4.78 is 5.83. The summed E-state index contributed by atoms with van der Waals surface area (Å²) in [6.45, 7) is 1.83. The highest BCUT2D eigenvalue weighted by atomic mass is 16.5. The summed E-state index contributed by atoms with van der Waals surface area (Å²) in [6.07, 6.45) is 2.18. The molecule has 1 unspecified atom stereocenters. The van der Waals surface area contributed by atoms with Crippen LogP contribution in [-0.2, 0) is 0 Å². The highest BCUT2D eigenvalue weighted by Crippen LogP contribution is 2.28. The Morgan fingerprint density at radius 1 is 1.10 bits per heavy atom. The lowest BCUT2D eigenvalue weighted by Crippen LogP contribution is -2.33. The molecule has 0 radical (unpaired) electrons. The highest BCUT2D eigenvalue weighted by molar-refractivity contribution is 5.96. The monoisotopic (exact) mass is 418 g/mol. The van der Waals surface area contributed by atoms with E-state index < -0.39 is 6.23 Å². The number of piperidine rings is 1. The van der Waals surface area contributed by atoms with E-state index in [1.54, 1.807) is 36.5 Å². The first-order chi connectivity index (χ1) is 15.1. The largest absolute Gasteiger partial charge is 0.439 e. The third-order valence-corrected chi connectivity index (χ3v) is 5.43. The molecule has 0 bridgehead atoms. The number of aliphatic hydroxyl groups excluding tert-OH is 1. The number of hydrogen-bond donors (Lipinski definition) is 2. The normalized spacial score (nSPS) is 15.9. The molecule has 3 aromatic rings. The Labute approximate surface area is 181 Å². The van der Waals surface area contributed by atoms with Crippen molar-refractivity contribution in [3.8, 4) is 11.6 Å². The molecule has 1 fully saturated rings. The van der Waals surface area contributed by atoms with Crippen LogP contribution in [0.1, 0.15) is 35.1 Å². The van der Waals surface area contributed by atoms with Crippen molar-refractivity contribution >= 4 is 11.6 Å². The lowest BCUT2D eigenvalue weighted by Gasteiger charge is -2.27. The van der Waals surface area contributed by atoms with E-state index >= 15 is 0 Å². The van der Waals surface area contributed by atoms with Gasteiger partial charge in [-0.05, 0) is 69.4 Å². The number of carbonyl (C=O) groups is 1. The van der Waals surface area contributed by atoms with Crippen LogP contribution in [-0.4, -0.2) is 45.9 Å². The second-order valence-electron chi connectivity index (χ2n) is 7.71. The second-order valence-corrected chi connectivity index (χ2v) is 7.71. The van der Waals surface area contributed by atoms with E-state index in [0.29, 0.717) is 28.7 Å². The molecule has 160 valence electrons. The van der Waals surface area contributed by atoms with Crippen molar-refractivity contribution in [2.75, 3.05) is 25.5 Å². The number of likely N-dealkylation sites (tertiary alicyclic amines) is 1. The summed E-state index contributed by atoms with van der Waals surface area (Å²) in [5.74, 6) is 1.39. The lowest BCUT2D eigenvalue weighted by molar-refractivity contribution is 0.0851. The third-order valence-electron chi connectivity index (χ3n) is 5.43. The van der Waals surface area contributed by atoms with Crippen LogP contribution in [0, 0.1) is 5.92 Å². The number of para-hydroxylation sites is 1.